The molecule has 1 aliphatic heterocycles. The molecule has 3 aromatic rings. The van der Waals surface area contributed by atoms with Crippen molar-refractivity contribution in [3.8, 4) is 22.8 Å². The van der Waals surface area contributed by atoms with Gasteiger partial charge in [-0.3, -0.25) is 9.89 Å². The Hall–Kier alpha value is -3.28. The Morgan fingerprint density at radius 3 is 2.58 bits per heavy atom. The number of hydrogen-bond donors (Lipinski definition) is 1. The van der Waals surface area contributed by atoms with Crippen LogP contribution in [0.2, 0.25) is 0 Å². The van der Waals surface area contributed by atoms with Gasteiger partial charge in [0.2, 0.25) is 0 Å². The van der Waals surface area contributed by atoms with Crippen LogP contribution >= 0.6 is 0 Å². The first-order valence-corrected chi connectivity index (χ1v) is 10.8. The second-order valence-electron chi connectivity index (χ2n) is 8.26. The molecule has 6 heteroatoms. The van der Waals surface area contributed by atoms with Crippen molar-refractivity contribution < 1.29 is 14.3 Å². The zero-order valence-electron chi connectivity index (χ0n) is 18.5. The average Bonchev–Trinajstić information content (AvgIpc) is 3.31. The Bertz CT molecular complexity index is 1060. The molecule has 4 rings (SSSR count). The highest BCUT2D eigenvalue weighted by atomic mass is 16.5. The van der Waals surface area contributed by atoms with Crippen LogP contribution in [-0.4, -0.2) is 41.3 Å². The number of nitrogens with one attached hydrogen (secondary N) is 1. The highest BCUT2D eigenvalue weighted by Gasteiger charge is 2.42. The number of ether oxygens (including phenoxy) is 2. The third-order valence-corrected chi connectivity index (χ3v) is 5.44. The molecule has 162 valence electrons. The molecule has 1 amide bonds. The standard InChI is InChI=1S/C25H29N3O3/c1-5-13-31-20-8-6-7-18(14-20)24-21-22(17-9-11-19(30-4)12-10-17)26-27-23(21)25(29)28(24)15-16(2)3/h6-12,14,16,24H,5,13,15H2,1-4H3,(H,26,27). The van der Waals surface area contributed by atoms with Crippen LogP contribution < -0.4 is 9.47 Å². The Balaban J connectivity index is 1.81. The topological polar surface area (TPSA) is 67.5 Å². The maximum absolute atomic E-state index is 13.3. The van der Waals surface area contributed by atoms with Gasteiger partial charge in [0.05, 0.1) is 25.5 Å². The first-order chi connectivity index (χ1) is 15.0. The smallest absolute Gasteiger partial charge is 0.273 e. The van der Waals surface area contributed by atoms with Crippen LogP contribution in [0.5, 0.6) is 11.5 Å². The highest BCUT2D eigenvalue weighted by Crippen LogP contribution is 2.43. The zero-order valence-corrected chi connectivity index (χ0v) is 18.5. The van der Waals surface area contributed by atoms with Gasteiger partial charge in [-0.2, -0.15) is 5.10 Å². The van der Waals surface area contributed by atoms with E-state index in [0.717, 1.165) is 40.3 Å². The van der Waals surface area contributed by atoms with E-state index in [-0.39, 0.29) is 11.9 Å². The third-order valence-electron chi connectivity index (χ3n) is 5.44. The van der Waals surface area contributed by atoms with Crippen molar-refractivity contribution in [3.63, 3.8) is 0 Å². The summed E-state index contributed by atoms with van der Waals surface area (Å²) in [4.78, 5) is 15.3. The maximum Gasteiger partial charge on any atom is 0.273 e. The van der Waals surface area contributed by atoms with Crippen molar-refractivity contribution in [1.82, 2.24) is 15.1 Å². The molecule has 0 aliphatic carbocycles. The van der Waals surface area contributed by atoms with Crippen LogP contribution in [0.15, 0.2) is 48.5 Å². The van der Waals surface area contributed by atoms with E-state index in [1.165, 1.54) is 0 Å². The maximum atomic E-state index is 13.3. The number of H-pyrrole nitrogens is 1. The minimum absolute atomic E-state index is 0.0131. The normalized spacial score (nSPS) is 15.5. The fraction of sp³-hybridized carbons (Fsp3) is 0.360. The monoisotopic (exact) mass is 419 g/mol. The van der Waals surface area contributed by atoms with Gasteiger partial charge in [-0.25, -0.2) is 0 Å². The first-order valence-electron chi connectivity index (χ1n) is 10.8. The molecule has 2 aromatic carbocycles. The van der Waals surface area contributed by atoms with Crippen molar-refractivity contribution in [2.75, 3.05) is 20.3 Å². The molecule has 6 nitrogen and oxygen atoms in total. The van der Waals surface area contributed by atoms with E-state index in [2.05, 4.69) is 37.0 Å². The van der Waals surface area contributed by atoms with Crippen LogP contribution in [0.25, 0.3) is 11.3 Å². The first kappa shape index (κ1) is 21.0. The van der Waals surface area contributed by atoms with E-state index in [9.17, 15) is 4.79 Å². The minimum atomic E-state index is -0.217. The largest absolute Gasteiger partial charge is 0.497 e. The molecule has 1 N–H and O–H groups in total. The Morgan fingerprint density at radius 1 is 1.13 bits per heavy atom. The second-order valence-corrected chi connectivity index (χ2v) is 8.26. The van der Waals surface area contributed by atoms with Gasteiger partial charge < -0.3 is 14.4 Å². The molecule has 0 radical (unpaired) electrons. The molecule has 1 aliphatic rings. The molecule has 1 atom stereocenters. The molecule has 0 saturated heterocycles. The number of aromatic nitrogens is 2. The van der Waals surface area contributed by atoms with Crippen molar-refractivity contribution in [3.05, 3.63) is 65.4 Å². The molecule has 0 bridgehead atoms. The van der Waals surface area contributed by atoms with Gasteiger partial charge in [-0.05, 0) is 54.3 Å². The summed E-state index contributed by atoms with van der Waals surface area (Å²) in [6.45, 7) is 7.66. The van der Waals surface area contributed by atoms with Crippen molar-refractivity contribution in [2.24, 2.45) is 5.92 Å². The van der Waals surface area contributed by atoms with Gasteiger partial charge in [0.1, 0.15) is 17.2 Å². The molecule has 0 saturated carbocycles. The molecule has 0 spiro atoms. The summed E-state index contributed by atoms with van der Waals surface area (Å²) in [6, 6.07) is 15.6. The Labute approximate surface area is 183 Å². The number of methoxy groups -OCH3 is 1. The number of nitrogens with zero attached hydrogens (tertiary/aromatic N) is 2. The van der Waals surface area contributed by atoms with E-state index in [4.69, 9.17) is 9.47 Å². The molecule has 31 heavy (non-hydrogen) atoms. The minimum Gasteiger partial charge on any atom is -0.497 e. The quantitative estimate of drug-likeness (QED) is 0.553. The van der Waals surface area contributed by atoms with Crippen molar-refractivity contribution >= 4 is 5.91 Å². The number of carbonyl (C=O) groups is 1. The molecule has 2 heterocycles. The summed E-state index contributed by atoms with van der Waals surface area (Å²) in [7, 11) is 1.65. The van der Waals surface area contributed by atoms with E-state index >= 15 is 0 Å². The van der Waals surface area contributed by atoms with E-state index in [1.807, 2.05) is 47.4 Å². The molecule has 1 unspecified atom stereocenters. The van der Waals surface area contributed by atoms with Crippen LogP contribution in [-0.2, 0) is 0 Å². The summed E-state index contributed by atoms with van der Waals surface area (Å²) >= 11 is 0. The van der Waals surface area contributed by atoms with Gasteiger partial charge in [0, 0.05) is 17.7 Å². The van der Waals surface area contributed by atoms with Crippen LogP contribution in [0.3, 0.4) is 0 Å². The summed E-state index contributed by atoms with van der Waals surface area (Å²) in [5, 5.41) is 7.54. The average molecular weight is 420 g/mol. The lowest BCUT2D eigenvalue weighted by Crippen LogP contribution is -2.32. The van der Waals surface area contributed by atoms with Gasteiger partial charge in [0.25, 0.3) is 5.91 Å². The fourth-order valence-electron chi connectivity index (χ4n) is 4.09. The number of rotatable bonds is 8. The number of benzene rings is 2. The van der Waals surface area contributed by atoms with Crippen molar-refractivity contribution in [1.29, 1.82) is 0 Å². The lowest BCUT2D eigenvalue weighted by atomic mass is 9.95. The molecular formula is C25H29N3O3. The summed E-state index contributed by atoms with van der Waals surface area (Å²) in [5.74, 6) is 1.93. The molecule has 1 aromatic heterocycles. The van der Waals surface area contributed by atoms with Crippen LogP contribution in [0.1, 0.15) is 54.8 Å². The predicted molar refractivity (Wildman–Crippen MR) is 121 cm³/mol. The number of aromatic amines is 1. The Kier molecular flexibility index (Phi) is 5.98. The van der Waals surface area contributed by atoms with E-state index in [0.29, 0.717) is 24.8 Å². The van der Waals surface area contributed by atoms with Crippen LogP contribution in [0, 0.1) is 5.92 Å². The lowest BCUT2D eigenvalue weighted by Gasteiger charge is -2.28. The van der Waals surface area contributed by atoms with Gasteiger partial charge in [-0.15, -0.1) is 0 Å². The third kappa shape index (κ3) is 4.02. The van der Waals surface area contributed by atoms with Crippen LogP contribution in [0.4, 0.5) is 0 Å². The Morgan fingerprint density at radius 2 is 1.90 bits per heavy atom. The number of fused-ring (bicyclic) bond motifs is 1. The summed E-state index contributed by atoms with van der Waals surface area (Å²) < 4.78 is 11.2. The molecule has 0 fully saturated rings. The van der Waals surface area contributed by atoms with E-state index < -0.39 is 0 Å². The zero-order chi connectivity index (χ0) is 22.0. The highest BCUT2D eigenvalue weighted by molar-refractivity contribution is 6.00. The van der Waals surface area contributed by atoms with Gasteiger partial charge in [-0.1, -0.05) is 32.9 Å². The SMILES string of the molecule is CCCOc1cccc(C2c3c(-c4ccc(OC)cc4)n[nH]c3C(=O)N2CC(C)C)c1. The predicted octanol–water partition coefficient (Wildman–Crippen LogP) is 5.08. The lowest BCUT2D eigenvalue weighted by molar-refractivity contribution is 0.0722. The van der Waals surface area contributed by atoms with Gasteiger partial charge >= 0.3 is 0 Å². The number of amides is 1. The number of hydrogen-bond acceptors (Lipinski definition) is 4. The molecular weight excluding hydrogens is 390 g/mol. The second kappa shape index (κ2) is 8.84. The van der Waals surface area contributed by atoms with Gasteiger partial charge in [0.15, 0.2) is 0 Å². The summed E-state index contributed by atoms with van der Waals surface area (Å²) in [6.07, 6.45) is 0.944. The summed E-state index contributed by atoms with van der Waals surface area (Å²) in [5.41, 5.74) is 4.25. The van der Waals surface area contributed by atoms with Crippen molar-refractivity contribution in [2.45, 2.75) is 33.2 Å². The van der Waals surface area contributed by atoms with E-state index in [1.54, 1.807) is 7.11 Å². The number of carbonyl (C=O) groups excluding carboxylic acids is 1. The fourth-order valence-corrected chi connectivity index (χ4v) is 4.09.